The van der Waals surface area contributed by atoms with Crippen LogP contribution in [0.3, 0.4) is 0 Å². The zero-order valence-electron chi connectivity index (χ0n) is 10.3. The molecule has 2 unspecified atom stereocenters. The molecule has 1 N–H and O–H groups in total. The van der Waals surface area contributed by atoms with Crippen molar-refractivity contribution in [3.05, 3.63) is 22.7 Å². The Balaban J connectivity index is 2.10. The lowest BCUT2D eigenvalue weighted by Gasteiger charge is -2.20. The Kier molecular flexibility index (Phi) is 4.10. The van der Waals surface area contributed by atoms with E-state index in [1.54, 1.807) is 24.0 Å². The highest BCUT2D eigenvalue weighted by Crippen LogP contribution is 2.31. The summed E-state index contributed by atoms with van der Waals surface area (Å²) in [6.45, 7) is 2.18. The van der Waals surface area contributed by atoms with E-state index in [1.807, 2.05) is 11.8 Å². The molecule has 1 aromatic heterocycles. The van der Waals surface area contributed by atoms with Crippen LogP contribution in [-0.4, -0.2) is 26.6 Å². The van der Waals surface area contributed by atoms with Gasteiger partial charge in [-0.05, 0) is 18.6 Å². The normalized spacial score (nSPS) is 23.9. The molecule has 4 nitrogen and oxygen atoms in total. The molecule has 0 radical (unpaired) electrons. The number of hydrogen-bond acceptors (Lipinski definition) is 4. The second-order valence-corrected chi connectivity index (χ2v) is 5.88. The lowest BCUT2D eigenvalue weighted by molar-refractivity contribution is 0.749. The second kappa shape index (κ2) is 5.58. The standard InChI is InChI=1S/C12H19N3OS/c1-3-17-10-6-4-5-9(10)14-11-12(16)15(2)8-7-13-11/h7-10H,3-6H2,1-2H3,(H,13,14). The number of rotatable bonds is 4. The highest BCUT2D eigenvalue weighted by Gasteiger charge is 2.27. The first-order valence-corrected chi connectivity index (χ1v) is 7.17. The fourth-order valence-electron chi connectivity index (χ4n) is 2.28. The first-order valence-electron chi connectivity index (χ1n) is 6.12. The minimum Gasteiger partial charge on any atom is -0.362 e. The Hall–Kier alpha value is -0.970. The number of aryl methyl sites for hydroxylation is 1. The molecule has 1 heterocycles. The molecule has 1 aromatic rings. The van der Waals surface area contributed by atoms with Crippen molar-refractivity contribution in [3.63, 3.8) is 0 Å². The molecule has 1 fully saturated rings. The van der Waals surface area contributed by atoms with Crippen molar-refractivity contribution in [2.24, 2.45) is 7.05 Å². The molecular formula is C12H19N3OS. The molecule has 0 saturated heterocycles. The number of anilines is 1. The summed E-state index contributed by atoms with van der Waals surface area (Å²) >= 11 is 1.98. The van der Waals surface area contributed by atoms with Gasteiger partial charge >= 0.3 is 0 Å². The van der Waals surface area contributed by atoms with E-state index in [4.69, 9.17) is 0 Å². The van der Waals surface area contributed by atoms with E-state index in [9.17, 15) is 4.79 Å². The van der Waals surface area contributed by atoms with Gasteiger partial charge in [0.1, 0.15) is 0 Å². The van der Waals surface area contributed by atoms with Gasteiger partial charge in [0.15, 0.2) is 5.82 Å². The van der Waals surface area contributed by atoms with E-state index in [2.05, 4.69) is 17.2 Å². The monoisotopic (exact) mass is 253 g/mol. The second-order valence-electron chi connectivity index (χ2n) is 4.37. The highest BCUT2D eigenvalue weighted by atomic mass is 32.2. The van der Waals surface area contributed by atoms with Crippen LogP contribution in [0.15, 0.2) is 17.2 Å². The van der Waals surface area contributed by atoms with E-state index in [1.165, 1.54) is 12.8 Å². The number of hydrogen-bond donors (Lipinski definition) is 1. The smallest absolute Gasteiger partial charge is 0.293 e. The van der Waals surface area contributed by atoms with Crippen molar-refractivity contribution in [3.8, 4) is 0 Å². The Morgan fingerprint density at radius 2 is 2.41 bits per heavy atom. The quantitative estimate of drug-likeness (QED) is 0.890. The molecular weight excluding hydrogens is 234 g/mol. The third-order valence-electron chi connectivity index (χ3n) is 3.17. The lowest BCUT2D eigenvalue weighted by Crippen LogP contribution is -2.31. The van der Waals surface area contributed by atoms with Crippen molar-refractivity contribution < 1.29 is 0 Å². The average molecular weight is 253 g/mol. The Morgan fingerprint density at radius 3 is 3.18 bits per heavy atom. The summed E-state index contributed by atoms with van der Waals surface area (Å²) < 4.78 is 1.56. The molecule has 0 amide bonds. The number of thioether (sulfide) groups is 1. The van der Waals surface area contributed by atoms with Crippen molar-refractivity contribution in [1.29, 1.82) is 0 Å². The highest BCUT2D eigenvalue weighted by molar-refractivity contribution is 7.99. The van der Waals surface area contributed by atoms with Gasteiger partial charge < -0.3 is 9.88 Å². The number of nitrogens with zero attached hydrogens (tertiary/aromatic N) is 2. The average Bonchev–Trinajstić information content (AvgIpc) is 2.73. The van der Waals surface area contributed by atoms with Crippen LogP contribution in [0.5, 0.6) is 0 Å². The summed E-state index contributed by atoms with van der Waals surface area (Å²) in [5.41, 5.74) is -0.0420. The van der Waals surface area contributed by atoms with E-state index < -0.39 is 0 Å². The van der Waals surface area contributed by atoms with Gasteiger partial charge in [0.05, 0.1) is 0 Å². The summed E-state index contributed by atoms with van der Waals surface area (Å²) in [6.07, 6.45) is 6.96. The summed E-state index contributed by atoms with van der Waals surface area (Å²) in [6, 6.07) is 0.391. The molecule has 1 aliphatic carbocycles. The van der Waals surface area contributed by atoms with Crippen LogP contribution in [0.2, 0.25) is 0 Å². The first-order chi connectivity index (χ1) is 8.22. The van der Waals surface area contributed by atoms with E-state index >= 15 is 0 Å². The van der Waals surface area contributed by atoms with Crippen LogP contribution < -0.4 is 10.9 Å². The summed E-state index contributed by atoms with van der Waals surface area (Å²) in [5.74, 6) is 1.62. The molecule has 2 rings (SSSR count). The Bertz CT molecular complexity index is 432. The minimum atomic E-state index is -0.0420. The topological polar surface area (TPSA) is 46.9 Å². The summed E-state index contributed by atoms with van der Waals surface area (Å²) in [5, 5.41) is 3.94. The van der Waals surface area contributed by atoms with Crippen molar-refractivity contribution >= 4 is 17.6 Å². The van der Waals surface area contributed by atoms with E-state index in [-0.39, 0.29) is 5.56 Å². The van der Waals surface area contributed by atoms with Gasteiger partial charge in [0, 0.05) is 30.7 Å². The molecule has 1 saturated carbocycles. The van der Waals surface area contributed by atoms with Crippen molar-refractivity contribution in [2.45, 2.75) is 37.5 Å². The predicted octanol–water partition coefficient (Wildman–Crippen LogP) is 1.87. The van der Waals surface area contributed by atoms with Gasteiger partial charge in [-0.15, -0.1) is 0 Å². The molecule has 0 bridgehead atoms. The third-order valence-corrected chi connectivity index (χ3v) is 4.50. The molecule has 94 valence electrons. The fraction of sp³-hybridized carbons (Fsp3) is 0.667. The zero-order chi connectivity index (χ0) is 12.3. The van der Waals surface area contributed by atoms with Gasteiger partial charge in [-0.25, -0.2) is 4.98 Å². The van der Waals surface area contributed by atoms with E-state index in [0.717, 1.165) is 12.2 Å². The number of aromatic nitrogens is 2. The van der Waals surface area contributed by atoms with Gasteiger partial charge in [-0.2, -0.15) is 11.8 Å². The zero-order valence-corrected chi connectivity index (χ0v) is 11.2. The Morgan fingerprint density at radius 1 is 1.59 bits per heavy atom. The van der Waals surface area contributed by atoms with Crippen LogP contribution in [-0.2, 0) is 7.05 Å². The molecule has 0 aliphatic heterocycles. The largest absolute Gasteiger partial charge is 0.362 e. The van der Waals surface area contributed by atoms with Gasteiger partial charge in [-0.3, -0.25) is 4.79 Å². The molecule has 17 heavy (non-hydrogen) atoms. The van der Waals surface area contributed by atoms with Crippen LogP contribution in [0, 0.1) is 0 Å². The van der Waals surface area contributed by atoms with E-state index in [0.29, 0.717) is 17.1 Å². The van der Waals surface area contributed by atoms with Gasteiger partial charge in [0.25, 0.3) is 5.56 Å². The van der Waals surface area contributed by atoms with Crippen LogP contribution in [0.25, 0.3) is 0 Å². The van der Waals surface area contributed by atoms with Crippen molar-refractivity contribution in [2.75, 3.05) is 11.1 Å². The molecule has 1 aliphatic rings. The maximum Gasteiger partial charge on any atom is 0.293 e. The third kappa shape index (κ3) is 2.83. The summed E-state index contributed by atoms with van der Waals surface area (Å²) in [4.78, 5) is 16.0. The Labute approximate surface area is 106 Å². The van der Waals surface area contributed by atoms with Crippen LogP contribution >= 0.6 is 11.8 Å². The SMILES string of the molecule is CCSC1CCCC1Nc1nccn(C)c1=O. The molecule has 0 aromatic carbocycles. The first kappa shape index (κ1) is 12.5. The lowest BCUT2D eigenvalue weighted by atomic mass is 10.2. The molecule has 2 atom stereocenters. The van der Waals surface area contributed by atoms with Gasteiger partial charge in [-0.1, -0.05) is 13.3 Å². The molecule has 0 spiro atoms. The van der Waals surface area contributed by atoms with Crippen LogP contribution in [0.1, 0.15) is 26.2 Å². The number of nitrogens with one attached hydrogen (secondary N) is 1. The summed E-state index contributed by atoms with van der Waals surface area (Å²) in [7, 11) is 1.75. The van der Waals surface area contributed by atoms with Gasteiger partial charge in [0.2, 0.25) is 0 Å². The molecule has 5 heteroatoms. The maximum atomic E-state index is 11.9. The van der Waals surface area contributed by atoms with Crippen LogP contribution in [0.4, 0.5) is 5.82 Å². The minimum absolute atomic E-state index is 0.0420. The van der Waals surface area contributed by atoms with Crippen molar-refractivity contribution in [1.82, 2.24) is 9.55 Å². The fourth-order valence-corrected chi connectivity index (χ4v) is 3.48. The predicted molar refractivity (Wildman–Crippen MR) is 72.7 cm³/mol. The maximum absolute atomic E-state index is 11.9.